The van der Waals surface area contributed by atoms with Gasteiger partial charge in [-0.1, -0.05) is 92.9 Å². The second-order valence-corrected chi connectivity index (χ2v) is 11.4. The van der Waals surface area contributed by atoms with Crippen LogP contribution in [0.2, 0.25) is 0 Å². The molecule has 2 fully saturated rings. The van der Waals surface area contributed by atoms with Crippen molar-refractivity contribution >= 4 is 6.09 Å². The van der Waals surface area contributed by atoms with E-state index in [0.29, 0.717) is 0 Å². The van der Waals surface area contributed by atoms with Crippen molar-refractivity contribution in [2.24, 2.45) is 23.7 Å². The zero-order valence-corrected chi connectivity index (χ0v) is 20.8. The van der Waals surface area contributed by atoms with Crippen LogP contribution >= 0.6 is 0 Å². The maximum Gasteiger partial charge on any atom is 0.410 e. The van der Waals surface area contributed by atoms with E-state index in [1.807, 2.05) is 25.7 Å². The van der Waals surface area contributed by atoms with Gasteiger partial charge in [0.25, 0.3) is 0 Å². The molecule has 2 rings (SSSR count). The molecule has 0 radical (unpaired) electrons. The highest BCUT2D eigenvalue weighted by molar-refractivity contribution is 5.68. The quantitative estimate of drug-likeness (QED) is 0.426. The van der Waals surface area contributed by atoms with Crippen molar-refractivity contribution in [1.82, 2.24) is 4.90 Å². The fourth-order valence-corrected chi connectivity index (χ4v) is 4.34. The van der Waals surface area contributed by atoms with Gasteiger partial charge in [-0.3, -0.25) is 0 Å². The lowest BCUT2D eigenvalue weighted by atomic mass is 9.85. The van der Waals surface area contributed by atoms with Crippen LogP contribution in [0.5, 0.6) is 0 Å². The third-order valence-corrected chi connectivity index (χ3v) is 6.30. The molecule has 0 N–H and O–H groups in total. The molecule has 3 nitrogen and oxygen atoms in total. The number of carbonyl (C=O) groups is 1. The van der Waals surface area contributed by atoms with E-state index in [0.717, 1.165) is 49.6 Å². The molecule has 1 saturated carbocycles. The Labute approximate surface area is 189 Å². The number of amides is 1. The minimum Gasteiger partial charge on any atom is -0.444 e. The highest BCUT2D eigenvalue weighted by Crippen LogP contribution is 2.28. The SMILES string of the molecule is C.CC(C)CCC1CCCCC1.CC(C)CCC1CCN(C(=O)OC(C)(C)C)CC1. The molecule has 3 heteroatoms. The highest BCUT2D eigenvalue weighted by atomic mass is 16.6. The topological polar surface area (TPSA) is 29.5 Å². The van der Waals surface area contributed by atoms with Gasteiger partial charge in [0.1, 0.15) is 5.60 Å². The van der Waals surface area contributed by atoms with E-state index in [2.05, 4.69) is 27.7 Å². The van der Waals surface area contributed by atoms with E-state index in [9.17, 15) is 4.79 Å². The lowest BCUT2D eigenvalue weighted by molar-refractivity contribution is 0.0179. The summed E-state index contributed by atoms with van der Waals surface area (Å²) in [5.41, 5.74) is -0.383. The van der Waals surface area contributed by atoms with Gasteiger partial charge >= 0.3 is 6.09 Å². The zero-order valence-electron chi connectivity index (χ0n) is 20.8. The van der Waals surface area contributed by atoms with Crippen molar-refractivity contribution in [3.63, 3.8) is 0 Å². The number of hydrogen-bond acceptors (Lipinski definition) is 2. The van der Waals surface area contributed by atoms with Crippen molar-refractivity contribution in [3.8, 4) is 0 Å². The first-order valence-electron chi connectivity index (χ1n) is 12.5. The molecule has 0 bridgehead atoms. The Hall–Kier alpha value is -0.730. The van der Waals surface area contributed by atoms with E-state index in [1.54, 1.807) is 0 Å². The van der Waals surface area contributed by atoms with Crippen molar-refractivity contribution in [2.75, 3.05) is 13.1 Å². The number of ether oxygens (including phenoxy) is 1. The van der Waals surface area contributed by atoms with Crippen molar-refractivity contribution in [3.05, 3.63) is 0 Å². The summed E-state index contributed by atoms with van der Waals surface area (Å²) >= 11 is 0. The molecule has 30 heavy (non-hydrogen) atoms. The zero-order chi connectivity index (χ0) is 21.9. The van der Waals surface area contributed by atoms with Gasteiger partial charge in [0.2, 0.25) is 0 Å². The van der Waals surface area contributed by atoms with E-state index in [-0.39, 0.29) is 19.1 Å². The van der Waals surface area contributed by atoms with Crippen LogP contribution in [-0.4, -0.2) is 29.7 Å². The first-order chi connectivity index (χ1) is 13.6. The van der Waals surface area contributed by atoms with Crippen molar-refractivity contribution in [1.29, 1.82) is 0 Å². The lowest BCUT2D eigenvalue weighted by Crippen LogP contribution is -2.41. The summed E-state index contributed by atoms with van der Waals surface area (Å²) in [6.07, 6.45) is 15.2. The number of likely N-dealkylation sites (tertiary alicyclic amines) is 1. The summed E-state index contributed by atoms with van der Waals surface area (Å²) in [5.74, 6) is 3.59. The van der Waals surface area contributed by atoms with Crippen LogP contribution in [0.4, 0.5) is 4.79 Å². The number of piperidine rings is 1. The number of hydrogen-bond donors (Lipinski definition) is 0. The average molecular weight is 426 g/mol. The van der Waals surface area contributed by atoms with Gasteiger partial charge in [-0.2, -0.15) is 0 Å². The van der Waals surface area contributed by atoms with Gasteiger partial charge in [-0.25, -0.2) is 4.79 Å². The van der Waals surface area contributed by atoms with Crippen LogP contribution in [0.1, 0.15) is 127 Å². The minimum atomic E-state index is -0.383. The molecule has 180 valence electrons. The molecule has 2 aliphatic rings. The van der Waals surface area contributed by atoms with Crippen molar-refractivity contribution < 1.29 is 9.53 Å². The summed E-state index contributed by atoms with van der Waals surface area (Å²) in [5, 5.41) is 0. The summed E-state index contributed by atoms with van der Waals surface area (Å²) in [6, 6.07) is 0. The fourth-order valence-electron chi connectivity index (χ4n) is 4.34. The molecule has 0 aromatic carbocycles. The predicted molar refractivity (Wildman–Crippen MR) is 132 cm³/mol. The average Bonchev–Trinajstić information content (AvgIpc) is 2.65. The highest BCUT2D eigenvalue weighted by Gasteiger charge is 2.26. The van der Waals surface area contributed by atoms with Gasteiger partial charge in [-0.15, -0.1) is 0 Å². The van der Waals surface area contributed by atoms with Gasteiger partial charge in [0.15, 0.2) is 0 Å². The number of carbonyl (C=O) groups excluding carboxylic acids is 1. The molecule has 1 aliphatic heterocycles. The normalized spacial score (nSPS) is 18.6. The van der Waals surface area contributed by atoms with E-state index in [4.69, 9.17) is 4.74 Å². The molecule has 0 aromatic heterocycles. The Kier molecular flexibility index (Phi) is 14.8. The molecule has 0 spiro atoms. The molecule has 1 amide bonds. The Morgan fingerprint density at radius 2 is 1.27 bits per heavy atom. The van der Waals surface area contributed by atoms with Crippen LogP contribution in [0, 0.1) is 23.7 Å². The Morgan fingerprint density at radius 1 is 0.833 bits per heavy atom. The molecular weight excluding hydrogens is 370 g/mol. The number of nitrogens with zero attached hydrogens (tertiary/aromatic N) is 1. The lowest BCUT2D eigenvalue weighted by Gasteiger charge is -2.33. The largest absolute Gasteiger partial charge is 0.444 e. The molecule has 0 aromatic rings. The van der Waals surface area contributed by atoms with Crippen LogP contribution in [-0.2, 0) is 4.74 Å². The monoisotopic (exact) mass is 425 g/mol. The van der Waals surface area contributed by atoms with E-state index >= 15 is 0 Å². The van der Waals surface area contributed by atoms with E-state index < -0.39 is 0 Å². The van der Waals surface area contributed by atoms with Crippen LogP contribution < -0.4 is 0 Å². The van der Waals surface area contributed by atoms with Crippen LogP contribution in [0.25, 0.3) is 0 Å². The fraction of sp³-hybridized carbons (Fsp3) is 0.963. The summed E-state index contributed by atoms with van der Waals surface area (Å²) in [4.78, 5) is 13.7. The Morgan fingerprint density at radius 3 is 1.67 bits per heavy atom. The second-order valence-electron chi connectivity index (χ2n) is 11.4. The molecular formula is C27H55NO2. The third kappa shape index (κ3) is 14.3. The van der Waals surface area contributed by atoms with Gasteiger partial charge < -0.3 is 9.64 Å². The predicted octanol–water partition coefficient (Wildman–Crippen LogP) is 8.71. The first kappa shape index (κ1) is 29.3. The van der Waals surface area contributed by atoms with Gasteiger partial charge in [-0.05, 0) is 57.3 Å². The first-order valence-corrected chi connectivity index (χ1v) is 12.5. The summed E-state index contributed by atoms with van der Waals surface area (Å²) in [6.45, 7) is 16.7. The maximum absolute atomic E-state index is 11.9. The summed E-state index contributed by atoms with van der Waals surface area (Å²) < 4.78 is 5.40. The standard InChI is InChI=1S/C15H29NO2.C11H22.CH4/c1-12(2)6-7-13-8-10-16(11-9-13)14(17)18-15(3,4)5;1-10(2)8-9-11-6-4-3-5-7-11;/h12-13H,6-11H2,1-5H3;10-11H,3-9H2,1-2H3;1H4. The van der Waals surface area contributed by atoms with Gasteiger partial charge in [0.05, 0.1) is 0 Å². The Bertz CT molecular complexity index is 425. The third-order valence-electron chi connectivity index (χ3n) is 6.30. The maximum atomic E-state index is 11.9. The molecule has 1 aliphatic carbocycles. The Balaban J connectivity index is 0.000000603. The van der Waals surface area contributed by atoms with Crippen LogP contribution in [0.15, 0.2) is 0 Å². The second kappa shape index (κ2) is 15.1. The molecule has 0 unspecified atom stereocenters. The van der Waals surface area contributed by atoms with Crippen LogP contribution in [0.3, 0.4) is 0 Å². The molecule has 0 atom stereocenters. The van der Waals surface area contributed by atoms with Gasteiger partial charge in [0, 0.05) is 13.1 Å². The van der Waals surface area contributed by atoms with Crippen molar-refractivity contribution in [2.45, 2.75) is 132 Å². The number of rotatable bonds is 6. The van der Waals surface area contributed by atoms with E-state index in [1.165, 1.54) is 57.8 Å². The molecule has 1 heterocycles. The minimum absolute atomic E-state index is 0. The molecule has 1 saturated heterocycles. The smallest absolute Gasteiger partial charge is 0.410 e. The summed E-state index contributed by atoms with van der Waals surface area (Å²) in [7, 11) is 0.